The lowest BCUT2D eigenvalue weighted by atomic mass is 10.1. The van der Waals surface area contributed by atoms with E-state index in [2.05, 4.69) is 22.1 Å². The maximum atomic E-state index is 12.1. The molecule has 3 heterocycles. The first-order valence-corrected chi connectivity index (χ1v) is 9.08. The minimum absolute atomic E-state index is 0.00354. The van der Waals surface area contributed by atoms with Gasteiger partial charge in [-0.15, -0.1) is 0 Å². The van der Waals surface area contributed by atoms with Gasteiger partial charge in [-0.25, -0.2) is 9.97 Å². The summed E-state index contributed by atoms with van der Waals surface area (Å²) in [5, 5.41) is 6.45. The number of amides is 1. The van der Waals surface area contributed by atoms with Gasteiger partial charge in [-0.05, 0) is 44.9 Å². The molecule has 132 valence electrons. The van der Waals surface area contributed by atoms with Crippen LogP contribution in [0.15, 0.2) is 30.5 Å². The summed E-state index contributed by atoms with van der Waals surface area (Å²) in [5.41, 5.74) is 5.53. The molecule has 5 rings (SSSR count). The maximum Gasteiger partial charge on any atom is 0.253 e. The van der Waals surface area contributed by atoms with Crippen molar-refractivity contribution in [2.45, 2.75) is 38.6 Å². The van der Waals surface area contributed by atoms with E-state index in [1.165, 1.54) is 0 Å². The van der Waals surface area contributed by atoms with E-state index in [0.717, 1.165) is 58.8 Å². The second-order valence-electron chi connectivity index (χ2n) is 7.54. The van der Waals surface area contributed by atoms with Gasteiger partial charge in [0.05, 0.1) is 22.5 Å². The molecule has 6 heteroatoms. The van der Waals surface area contributed by atoms with Crippen molar-refractivity contribution in [1.82, 2.24) is 19.9 Å². The highest BCUT2D eigenvalue weighted by Gasteiger charge is 2.38. The van der Waals surface area contributed by atoms with E-state index in [1.54, 1.807) is 0 Å². The molecular formula is C20H21N5O. The third-order valence-corrected chi connectivity index (χ3v) is 5.41. The molecule has 2 N–H and O–H groups in total. The predicted octanol–water partition coefficient (Wildman–Crippen LogP) is 2.98. The van der Waals surface area contributed by atoms with E-state index in [4.69, 9.17) is 9.97 Å². The fourth-order valence-corrected chi connectivity index (χ4v) is 3.60. The lowest BCUT2D eigenvalue weighted by molar-refractivity contribution is 0.0945. The van der Waals surface area contributed by atoms with Crippen LogP contribution in [-0.2, 0) is 6.42 Å². The summed E-state index contributed by atoms with van der Waals surface area (Å²) in [4.78, 5) is 21.8. The Hall–Kier alpha value is -2.89. The zero-order chi connectivity index (χ0) is 17.9. The Labute approximate surface area is 151 Å². The molecule has 0 radical (unpaired) electrons. The van der Waals surface area contributed by atoms with Crippen LogP contribution in [0, 0.1) is 6.92 Å². The lowest BCUT2D eigenvalue weighted by Crippen LogP contribution is -2.32. The molecule has 1 amide bonds. The van der Waals surface area contributed by atoms with Crippen molar-refractivity contribution < 1.29 is 4.79 Å². The average Bonchev–Trinajstić information content (AvgIpc) is 3.18. The number of para-hydroxylation sites is 1. The number of carbonyl (C=O) groups is 1. The first-order chi connectivity index (χ1) is 12.5. The van der Waals surface area contributed by atoms with Crippen molar-refractivity contribution in [1.29, 1.82) is 0 Å². The largest absolute Gasteiger partial charge is 0.363 e. The molecule has 0 spiro atoms. The number of benzene rings is 1. The van der Waals surface area contributed by atoms with E-state index >= 15 is 0 Å². The summed E-state index contributed by atoms with van der Waals surface area (Å²) in [5.74, 6) is 0.847. The molecule has 0 bridgehead atoms. The fraction of sp³-hybridized carbons (Fsp3) is 0.350. The summed E-state index contributed by atoms with van der Waals surface area (Å²) < 4.78 is 2.09. The quantitative estimate of drug-likeness (QED) is 0.764. The summed E-state index contributed by atoms with van der Waals surface area (Å²) in [6.45, 7) is 4.87. The van der Waals surface area contributed by atoms with Gasteiger partial charge in [0.2, 0.25) is 0 Å². The van der Waals surface area contributed by atoms with Gasteiger partial charge in [0.25, 0.3) is 5.91 Å². The number of nitrogens with zero attached hydrogens (tertiary/aromatic N) is 3. The summed E-state index contributed by atoms with van der Waals surface area (Å²) in [6.07, 6.45) is 5.09. The van der Waals surface area contributed by atoms with E-state index < -0.39 is 0 Å². The number of nitrogens with one attached hydrogen (secondary N) is 2. The van der Waals surface area contributed by atoms with Crippen LogP contribution in [-0.4, -0.2) is 32.5 Å². The third kappa shape index (κ3) is 2.36. The maximum absolute atomic E-state index is 12.1. The van der Waals surface area contributed by atoms with Crippen LogP contribution in [0.1, 0.15) is 41.5 Å². The number of aromatic nitrogens is 3. The highest BCUT2D eigenvalue weighted by atomic mass is 16.1. The van der Waals surface area contributed by atoms with E-state index in [0.29, 0.717) is 6.54 Å². The second-order valence-corrected chi connectivity index (χ2v) is 7.54. The summed E-state index contributed by atoms with van der Waals surface area (Å²) >= 11 is 0. The van der Waals surface area contributed by atoms with Crippen molar-refractivity contribution in [3.05, 3.63) is 47.4 Å². The number of aryl methyl sites for hydroxylation is 1. The Morgan fingerprint density at radius 1 is 1.23 bits per heavy atom. The van der Waals surface area contributed by atoms with Crippen LogP contribution in [0.3, 0.4) is 0 Å². The molecule has 0 atom stereocenters. The van der Waals surface area contributed by atoms with Crippen LogP contribution in [0.2, 0.25) is 0 Å². The molecular weight excluding hydrogens is 326 g/mol. The zero-order valence-electron chi connectivity index (χ0n) is 15.0. The van der Waals surface area contributed by atoms with E-state index in [9.17, 15) is 4.79 Å². The number of fused-ring (bicyclic) bond motifs is 2. The molecule has 3 aromatic rings. The molecule has 2 aromatic heterocycles. The molecule has 6 nitrogen and oxygen atoms in total. The summed E-state index contributed by atoms with van der Waals surface area (Å²) in [6, 6.07) is 7.91. The Morgan fingerprint density at radius 3 is 2.88 bits per heavy atom. The number of anilines is 1. The lowest BCUT2D eigenvalue weighted by Gasteiger charge is -2.18. The van der Waals surface area contributed by atoms with Gasteiger partial charge in [0, 0.05) is 30.4 Å². The molecule has 1 fully saturated rings. The van der Waals surface area contributed by atoms with Crippen LogP contribution in [0.5, 0.6) is 0 Å². The van der Waals surface area contributed by atoms with Crippen LogP contribution in [0.25, 0.3) is 16.7 Å². The van der Waals surface area contributed by atoms with Gasteiger partial charge in [-0.2, -0.15) is 0 Å². The zero-order valence-corrected chi connectivity index (χ0v) is 15.0. The van der Waals surface area contributed by atoms with Gasteiger partial charge in [-0.3, -0.25) is 4.79 Å². The van der Waals surface area contributed by atoms with Crippen molar-refractivity contribution in [3.8, 4) is 5.69 Å². The standard InChI is InChI=1S/C20H21N5O/c1-12-18(24-20(2)8-9-20)23-17-14(22-12)4-3-5-16(17)25-11-7-13-15(25)6-10-21-19(13)26/h3-5,7,11H,6,8-10H2,1-2H3,(H,21,26)(H,23,24). The highest BCUT2D eigenvalue weighted by Crippen LogP contribution is 2.38. The molecule has 1 aliphatic heterocycles. The highest BCUT2D eigenvalue weighted by molar-refractivity contribution is 5.97. The topological polar surface area (TPSA) is 71.8 Å². The fourth-order valence-electron chi connectivity index (χ4n) is 3.60. The molecule has 1 aromatic carbocycles. The number of carbonyl (C=O) groups excluding carboxylic acids is 1. The monoisotopic (exact) mass is 347 g/mol. The van der Waals surface area contributed by atoms with Crippen LogP contribution < -0.4 is 10.6 Å². The van der Waals surface area contributed by atoms with Crippen molar-refractivity contribution >= 4 is 22.8 Å². The van der Waals surface area contributed by atoms with Crippen molar-refractivity contribution in [2.24, 2.45) is 0 Å². The minimum Gasteiger partial charge on any atom is -0.363 e. The minimum atomic E-state index is -0.00354. The Balaban J connectivity index is 1.68. The number of rotatable bonds is 3. The molecule has 2 aliphatic rings. The van der Waals surface area contributed by atoms with Crippen LogP contribution >= 0.6 is 0 Å². The normalized spacial score (nSPS) is 17.7. The second kappa shape index (κ2) is 5.30. The smallest absolute Gasteiger partial charge is 0.253 e. The van der Waals surface area contributed by atoms with Crippen LogP contribution in [0.4, 0.5) is 5.82 Å². The van der Waals surface area contributed by atoms with Gasteiger partial charge in [0.15, 0.2) is 0 Å². The first-order valence-electron chi connectivity index (χ1n) is 9.08. The average molecular weight is 347 g/mol. The van der Waals surface area contributed by atoms with Crippen molar-refractivity contribution in [2.75, 3.05) is 11.9 Å². The Morgan fingerprint density at radius 2 is 2.08 bits per heavy atom. The molecule has 0 unspecified atom stereocenters. The Bertz CT molecular complexity index is 1050. The first kappa shape index (κ1) is 15.4. The molecule has 0 saturated heterocycles. The number of hydrogen-bond acceptors (Lipinski definition) is 4. The SMILES string of the molecule is Cc1nc2cccc(-n3ccc4c3CCNC4=O)c2nc1NC1(C)CC1. The third-order valence-electron chi connectivity index (χ3n) is 5.41. The molecule has 1 aliphatic carbocycles. The van der Waals surface area contributed by atoms with Crippen molar-refractivity contribution in [3.63, 3.8) is 0 Å². The van der Waals surface area contributed by atoms with Gasteiger partial charge >= 0.3 is 0 Å². The predicted molar refractivity (Wildman–Crippen MR) is 101 cm³/mol. The van der Waals surface area contributed by atoms with Gasteiger partial charge in [-0.1, -0.05) is 6.07 Å². The van der Waals surface area contributed by atoms with Gasteiger partial charge in [0.1, 0.15) is 11.3 Å². The number of hydrogen-bond donors (Lipinski definition) is 2. The Kier molecular flexibility index (Phi) is 3.13. The van der Waals surface area contributed by atoms with Gasteiger partial charge < -0.3 is 15.2 Å². The van der Waals surface area contributed by atoms with E-state index in [1.807, 2.05) is 37.4 Å². The molecule has 26 heavy (non-hydrogen) atoms. The van der Waals surface area contributed by atoms with E-state index in [-0.39, 0.29) is 11.4 Å². The molecule has 1 saturated carbocycles. The summed E-state index contributed by atoms with van der Waals surface area (Å²) in [7, 11) is 0.